The molecule has 0 aliphatic carbocycles. The lowest BCUT2D eigenvalue weighted by molar-refractivity contribution is 0.193. The first-order valence-corrected chi connectivity index (χ1v) is 7.58. The van der Waals surface area contributed by atoms with Gasteiger partial charge < -0.3 is 10.4 Å². The zero-order valence-electron chi connectivity index (χ0n) is 13.2. The number of carbonyl (C=O) groups is 1. The highest BCUT2D eigenvalue weighted by atomic mass is 35.5. The molecule has 8 nitrogen and oxygen atoms in total. The van der Waals surface area contributed by atoms with Crippen LogP contribution in [0.1, 0.15) is 5.69 Å². The van der Waals surface area contributed by atoms with Crippen molar-refractivity contribution in [3.8, 4) is 22.5 Å². The number of pyridine rings is 1. The van der Waals surface area contributed by atoms with Gasteiger partial charge in [-0.15, -0.1) is 10.2 Å². The van der Waals surface area contributed by atoms with Gasteiger partial charge in [0, 0.05) is 16.8 Å². The number of hydrogen-bond acceptors (Lipinski definition) is 5. The summed E-state index contributed by atoms with van der Waals surface area (Å²) in [5, 5.41) is 22.1. The van der Waals surface area contributed by atoms with Gasteiger partial charge in [0.05, 0.1) is 24.8 Å². The molecule has 2 aromatic heterocycles. The number of aryl methyl sites for hydroxylation is 1. The molecular weight excluding hydrogens is 370 g/mol. The molecule has 0 saturated carbocycles. The first kappa shape index (κ1) is 17.7. The molecule has 2 N–H and O–H groups in total. The summed E-state index contributed by atoms with van der Waals surface area (Å²) in [6.07, 6.45) is -0.0180. The molecule has 0 aliphatic rings. The summed E-state index contributed by atoms with van der Waals surface area (Å²) in [6.45, 7) is -0.302. The van der Waals surface area contributed by atoms with Crippen LogP contribution in [0.15, 0.2) is 24.4 Å². The number of nitrogens with one attached hydrogen (secondary N) is 1. The Morgan fingerprint density at radius 3 is 2.69 bits per heavy atom. The van der Waals surface area contributed by atoms with Crippen LogP contribution in [0.4, 0.5) is 13.6 Å². The Hall–Kier alpha value is -3.14. The van der Waals surface area contributed by atoms with Crippen LogP contribution in [0.2, 0.25) is 5.02 Å². The molecule has 0 radical (unpaired) electrons. The molecule has 0 fully saturated rings. The summed E-state index contributed by atoms with van der Waals surface area (Å²) < 4.78 is 28.7. The minimum absolute atomic E-state index is 0.000103. The van der Waals surface area contributed by atoms with Gasteiger partial charge in [0.25, 0.3) is 0 Å². The highest BCUT2D eigenvalue weighted by molar-refractivity contribution is 6.31. The fourth-order valence-electron chi connectivity index (χ4n) is 2.32. The zero-order chi connectivity index (χ0) is 18.8. The molecule has 0 unspecified atom stereocenters. The van der Waals surface area contributed by atoms with E-state index >= 15 is 0 Å². The lowest BCUT2D eigenvalue weighted by atomic mass is 9.99. The van der Waals surface area contributed by atoms with Crippen LogP contribution < -0.4 is 5.32 Å². The van der Waals surface area contributed by atoms with E-state index in [4.69, 9.17) is 16.7 Å². The molecule has 26 heavy (non-hydrogen) atoms. The Labute approximate surface area is 150 Å². The van der Waals surface area contributed by atoms with E-state index in [1.807, 2.05) is 5.32 Å². The van der Waals surface area contributed by atoms with Crippen molar-refractivity contribution in [3.63, 3.8) is 0 Å². The Morgan fingerprint density at radius 1 is 1.31 bits per heavy atom. The molecule has 0 spiro atoms. The van der Waals surface area contributed by atoms with Gasteiger partial charge in [-0.3, -0.25) is 4.98 Å². The SMILES string of the molecule is Cn1nnc(-c2c(F)cc(Cl)cc2-c2cnc(CNC(=O)O)c(F)c2)n1. The van der Waals surface area contributed by atoms with E-state index in [1.165, 1.54) is 19.3 Å². The fraction of sp³-hybridized carbons (Fsp3) is 0.133. The third-order valence-corrected chi connectivity index (χ3v) is 3.64. The molecule has 0 atom stereocenters. The van der Waals surface area contributed by atoms with E-state index in [2.05, 4.69) is 20.4 Å². The van der Waals surface area contributed by atoms with Crippen LogP contribution in [-0.4, -0.2) is 36.4 Å². The summed E-state index contributed by atoms with van der Waals surface area (Å²) in [4.78, 5) is 15.6. The van der Waals surface area contributed by atoms with Crippen LogP contribution in [0.25, 0.3) is 22.5 Å². The molecule has 0 aliphatic heterocycles. The minimum Gasteiger partial charge on any atom is -0.465 e. The summed E-state index contributed by atoms with van der Waals surface area (Å²) in [5.74, 6) is -1.44. The zero-order valence-corrected chi connectivity index (χ0v) is 14.0. The molecule has 1 aromatic carbocycles. The van der Waals surface area contributed by atoms with Crippen LogP contribution in [-0.2, 0) is 13.6 Å². The number of hydrogen-bond donors (Lipinski definition) is 2. The molecule has 134 valence electrons. The number of aromatic nitrogens is 5. The lowest BCUT2D eigenvalue weighted by Gasteiger charge is -2.10. The summed E-state index contributed by atoms with van der Waals surface area (Å²) >= 11 is 5.93. The quantitative estimate of drug-likeness (QED) is 0.720. The van der Waals surface area contributed by atoms with Crippen molar-refractivity contribution in [2.24, 2.45) is 7.05 Å². The van der Waals surface area contributed by atoms with Crippen molar-refractivity contribution in [3.05, 3.63) is 46.7 Å². The van der Waals surface area contributed by atoms with Gasteiger partial charge in [0.1, 0.15) is 11.6 Å². The van der Waals surface area contributed by atoms with Gasteiger partial charge >= 0.3 is 6.09 Å². The first-order valence-electron chi connectivity index (χ1n) is 7.20. The van der Waals surface area contributed by atoms with Crippen LogP contribution in [0.3, 0.4) is 0 Å². The van der Waals surface area contributed by atoms with Gasteiger partial charge in [0.2, 0.25) is 5.82 Å². The van der Waals surface area contributed by atoms with E-state index in [1.54, 1.807) is 0 Å². The second kappa shape index (κ2) is 7.00. The standard InChI is InChI=1S/C15H11ClF2N6O2/c1-24-22-14(21-23-24)13-9(3-8(16)4-11(13)18)7-2-10(17)12(19-5-7)6-20-15(25)26/h2-5,20H,6H2,1H3,(H,25,26). The van der Waals surface area contributed by atoms with Gasteiger partial charge in [-0.05, 0) is 29.0 Å². The number of halogens is 3. The smallest absolute Gasteiger partial charge is 0.404 e. The molecule has 3 aromatic rings. The number of amides is 1. The van der Waals surface area contributed by atoms with Crippen molar-refractivity contribution in [1.29, 1.82) is 0 Å². The summed E-state index contributed by atoms with van der Waals surface area (Å²) in [5.41, 5.74) is 0.357. The second-order valence-electron chi connectivity index (χ2n) is 5.22. The number of benzene rings is 1. The Bertz CT molecular complexity index is 994. The number of tetrazole rings is 1. The highest BCUT2D eigenvalue weighted by Gasteiger charge is 2.20. The predicted molar refractivity (Wildman–Crippen MR) is 87.3 cm³/mol. The predicted octanol–water partition coefficient (Wildman–Crippen LogP) is 2.64. The van der Waals surface area contributed by atoms with Crippen molar-refractivity contribution in [2.75, 3.05) is 0 Å². The van der Waals surface area contributed by atoms with Gasteiger partial charge in [-0.1, -0.05) is 11.6 Å². The number of nitrogens with zero attached hydrogens (tertiary/aromatic N) is 5. The first-order chi connectivity index (χ1) is 12.3. The van der Waals surface area contributed by atoms with Crippen molar-refractivity contribution >= 4 is 17.7 Å². The molecule has 0 bridgehead atoms. The normalized spacial score (nSPS) is 10.8. The Morgan fingerprint density at radius 2 is 2.08 bits per heavy atom. The maximum absolute atomic E-state index is 14.5. The monoisotopic (exact) mass is 380 g/mol. The highest BCUT2D eigenvalue weighted by Crippen LogP contribution is 2.35. The lowest BCUT2D eigenvalue weighted by Crippen LogP contribution is -2.21. The van der Waals surface area contributed by atoms with Crippen LogP contribution >= 0.6 is 11.6 Å². The van der Waals surface area contributed by atoms with Gasteiger partial charge in [-0.2, -0.15) is 4.80 Å². The van der Waals surface area contributed by atoms with E-state index in [0.717, 1.165) is 16.9 Å². The number of rotatable bonds is 4. The van der Waals surface area contributed by atoms with E-state index in [9.17, 15) is 13.6 Å². The third-order valence-electron chi connectivity index (χ3n) is 3.42. The van der Waals surface area contributed by atoms with E-state index in [0.29, 0.717) is 0 Å². The fourth-order valence-corrected chi connectivity index (χ4v) is 2.52. The third kappa shape index (κ3) is 3.59. The second-order valence-corrected chi connectivity index (χ2v) is 5.66. The average Bonchev–Trinajstić information content (AvgIpc) is 2.98. The molecule has 2 heterocycles. The summed E-state index contributed by atoms with van der Waals surface area (Å²) in [7, 11) is 1.52. The van der Waals surface area contributed by atoms with Gasteiger partial charge in [-0.25, -0.2) is 13.6 Å². The minimum atomic E-state index is -1.30. The van der Waals surface area contributed by atoms with E-state index < -0.39 is 17.7 Å². The van der Waals surface area contributed by atoms with Crippen LogP contribution in [0.5, 0.6) is 0 Å². The average molecular weight is 381 g/mol. The van der Waals surface area contributed by atoms with Crippen molar-refractivity contribution in [2.45, 2.75) is 6.54 Å². The van der Waals surface area contributed by atoms with Crippen LogP contribution in [0, 0.1) is 11.6 Å². The molecular formula is C15H11ClF2N6O2. The maximum atomic E-state index is 14.5. The largest absolute Gasteiger partial charge is 0.465 e. The topological polar surface area (TPSA) is 106 Å². The molecule has 1 amide bonds. The Balaban J connectivity index is 2.09. The Kier molecular flexibility index (Phi) is 4.76. The molecule has 3 rings (SSSR count). The molecule has 11 heteroatoms. The molecule has 0 saturated heterocycles. The van der Waals surface area contributed by atoms with Gasteiger partial charge in [0.15, 0.2) is 0 Å². The maximum Gasteiger partial charge on any atom is 0.404 e. The van der Waals surface area contributed by atoms with E-state index in [-0.39, 0.29) is 39.8 Å². The van der Waals surface area contributed by atoms with Crippen molar-refractivity contribution in [1.82, 2.24) is 30.5 Å². The summed E-state index contributed by atoms with van der Waals surface area (Å²) in [6, 6.07) is 3.63. The number of carboxylic acid groups (broad SMARTS) is 1. The van der Waals surface area contributed by atoms with Crippen molar-refractivity contribution < 1.29 is 18.7 Å².